The van der Waals surface area contributed by atoms with Gasteiger partial charge in [0.2, 0.25) is 11.8 Å². The van der Waals surface area contributed by atoms with Gasteiger partial charge in [-0.2, -0.15) is 0 Å². The van der Waals surface area contributed by atoms with Crippen molar-refractivity contribution in [3.8, 4) is 17.4 Å². The number of carbonyl (C=O) groups is 1. The van der Waals surface area contributed by atoms with Crippen LogP contribution in [0.5, 0.6) is 17.4 Å². The van der Waals surface area contributed by atoms with E-state index in [4.69, 9.17) is 15.2 Å². The van der Waals surface area contributed by atoms with Gasteiger partial charge in [0.25, 0.3) is 11.5 Å². The molecular weight excluding hydrogens is 608 g/mol. The lowest BCUT2D eigenvalue weighted by molar-refractivity contribution is -0.223. The van der Waals surface area contributed by atoms with Crippen molar-refractivity contribution in [2.75, 3.05) is 39.0 Å². The third-order valence-corrected chi connectivity index (χ3v) is 9.11. The smallest absolute Gasteiger partial charge is 0.295 e. The monoisotopic (exact) mass is 645 g/mol. The summed E-state index contributed by atoms with van der Waals surface area (Å²) in [7, 11) is 1.56. The van der Waals surface area contributed by atoms with Crippen LogP contribution in [-0.2, 0) is 11.3 Å². The second-order valence-electron chi connectivity index (χ2n) is 12.0. The molecule has 2 saturated heterocycles. The highest BCUT2D eigenvalue weighted by Gasteiger charge is 2.57. The number of aliphatic hydroxyl groups is 1. The van der Waals surface area contributed by atoms with Gasteiger partial charge in [0.1, 0.15) is 23.4 Å². The van der Waals surface area contributed by atoms with Crippen LogP contribution in [0.2, 0.25) is 0 Å². The largest absolute Gasteiger partial charge is 0.496 e. The van der Waals surface area contributed by atoms with Crippen LogP contribution in [0.3, 0.4) is 0 Å². The molecule has 3 atom stereocenters. The number of piperidine rings is 2. The van der Waals surface area contributed by atoms with Crippen LogP contribution in [0, 0.1) is 5.92 Å². The van der Waals surface area contributed by atoms with Gasteiger partial charge < -0.3 is 30.5 Å². The average molecular weight is 646 g/mol. The van der Waals surface area contributed by atoms with E-state index < -0.39 is 42.5 Å². The average Bonchev–Trinajstić information content (AvgIpc) is 3.88. The summed E-state index contributed by atoms with van der Waals surface area (Å²) >= 11 is 0. The molecule has 1 amide bonds. The number of halogens is 3. The molecule has 0 spiro atoms. The summed E-state index contributed by atoms with van der Waals surface area (Å²) in [6.07, 6.45) is 3.32. The van der Waals surface area contributed by atoms with Crippen molar-refractivity contribution in [3.05, 3.63) is 76.3 Å². The summed E-state index contributed by atoms with van der Waals surface area (Å²) in [5.41, 5.74) is 4.29. The summed E-state index contributed by atoms with van der Waals surface area (Å²) in [5, 5.41) is 14.5. The van der Waals surface area contributed by atoms with E-state index in [9.17, 15) is 14.7 Å². The summed E-state index contributed by atoms with van der Waals surface area (Å²) in [5.74, 6) is -3.36. The summed E-state index contributed by atoms with van der Waals surface area (Å²) < 4.78 is 43.4. The first-order valence-electron chi connectivity index (χ1n) is 15.0. The number of rotatable bonds is 8. The van der Waals surface area contributed by atoms with Gasteiger partial charge in [0, 0.05) is 37.4 Å². The zero-order valence-corrected chi connectivity index (χ0v) is 25.8. The van der Waals surface area contributed by atoms with Crippen LogP contribution in [0.4, 0.5) is 14.5 Å². The molecule has 3 heterocycles. The number of ether oxygens (including phenoxy) is 2. The van der Waals surface area contributed by atoms with Crippen LogP contribution in [-0.4, -0.2) is 70.3 Å². The molecule has 2 aromatic carbocycles. The van der Waals surface area contributed by atoms with Crippen LogP contribution >= 0.6 is 12.4 Å². The molecule has 0 unspecified atom stereocenters. The van der Waals surface area contributed by atoms with Gasteiger partial charge in [-0.1, -0.05) is 36.4 Å². The number of aromatic nitrogens is 2. The van der Waals surface area contributed by atoms with E-state index in [0.717, 1.165) is 39.8 Å². The lowest BCUT2D eigenvalue weighted by atomic mass is 9.79. The van der Waals surface area contributed by atoms with Crippen molar-refractivity contribution in [1.29, 1.82) is 0 Å². The third-order valence-electron chi connectivity index (χ3n) is 9.11. The number of amides is 1. The molecule has 0 radical (unpaired) electrons. The number of nitrogens with zero attached hydrogens (tertiary/aromatic N) is 3. The second-order valence-corrected chi connectivity index (χ2v) is 12.0. The van der Waals surface area contributed by atoms with Gasteiger partial charge >= 0.3 is 0 Å². The number of carbonyl (C=O) groups excluding carboxylic acids is 1. The topological polar surface area (TPSA) is 132 Å². The number of hydrogen-bond donors (Lipinski definition) is 3. The van der Waals surface area contributed by atoms with E-state index in [-0.39, 0.29) is 42.3 Å². The first kappa shape index (κ1) is 32.6. The third kappa shape index (κ3) is 6.49. The molecule has 45 heavy (non-hydrogen) atoms. The fraction of sp³-hybridized carbons (Fsp3) is 0.469. The molecule has 1 aliphatic carbocycles. The number of hydrogen-bond acceptors (Lipinski definition) is 8. The number of alkyl halides is 2. The standard InChI is InChI=1S/C32H37F2N5O5.ClH/c1-43-26-15-22(9-10-23(26)21-7-8-21)44-28-27(35)30(41)39(19-37-28)17-31(42)12-14-38(18-32(31,33)34)29(40)24-11-13-36-16-25(24)20-5-3-2-4-6-20;/h2-6,9-10,15,19,21,24-25,36,42H,7-8,11-14,16-18,35H2,1H3;1H/t24-,25+,31+;/m1./s1. The predicted octanol–water partition coefficient (Wildman–Crippen LogP) is 3.92. The molecule has 3 fully saturated rings. The molecule has 1 aromatic heterocycles. The van der Waals surface area contributed by atoms with Gasteiger partial charge in [-0.05, 0) is 48.9 Å². The maximum atomic E-state index is 15.6. The molecule has 6 rings (SSSR count). The van der Waals surface area contributed by atoms with Gasteiger partial charge in [0.15, 0.2) is 5.69 Å². The number of nitrogens with two attached hydrogens (primary N) is 1. The molecule has 3 aliphatic rings. The molecule has 13 heteroatoms. The normalized spacial score (nSPS) is 24.4. The Morgan fingerprint density at radius 3 is 2.62 bits per heavy atom. The van der Waals surface area contributed by atoms with Crippen LogP contribution in [0.15, 0.2) is 59.7 Å². The predicted molar refractivity (Wildman–Crippen MR) is 166 cm³/mol. The molecule has 2 aliphatic heterocycles. The Labute approximate surface area is 265 Å². The number of anilines is 1. The van der Waals surface area contributed by atoms with E-state index in [2.05, 4.69) is 10.3 Å². The van der Waals surface area contributed by atoms with Gasteiger partial charge in [-0.15, -0.1) is 12.4 Å². The highest BCUT2D eigenvalue weighted by Crippen LogP contribution is 2.45. The van der Waals surface area contributed by atoms with E-state index in [1.54, 1.807) is 19.2 Å². The lowest BCUT2D eigenvalue weighted by Crippen LogP contribution is -2.64. The highest BCUT2D eigenvalue weighted by molar-refractivity contribution is 5.85. The van der Waals surface area contributed by atoms with Gasteiger partial charge in [0.05, 0.1) is 20.2 Å². The number of methoxy groups -OCH3 is 1. The Kier molecular flexibility index (Phi) is 9.39. The number of likely N-dealkylation sites (tertiary alicyclic amines) is 1. The fourth-order valence-corrected chi connectivity index (χ4v) is 6.35. The Morgan fingerprint density at radius 2 is 1.93 bits per heavy atom. The number of nitrogens with one attached hydrogen (secondary N) is 1. The Hall–Kier alpha value is -3.74. The van der Waals surface area contributed by atoms with Gasteiger partial charge in [-0.25, -0.2) is 13.8 Å². The summed E-state index contributed by atoms with van der Waals surface area (Å²) in [6, 6.07) is 14.9. The maximum Gasteiger partial charge on any atom is 0.295 e. The minimum absolute atomic E-state index is 0. The minimum Gasteiger partial charge on any atom is -0.496 e. The van der Waals surface area contributed by atoms with Crippen LogP contribution < -0.4 is 26.1 Å². The highest BCUT2D eigenvalue weighted by atomic mass is 35.5. The van der Waals surface area contributed by atoms with Crippen molar-refractivity contribution in [2.45, 2.75) is 55.6 Å². The maximum absolute atomic E-state index is 15.6. The number of benzene rings is 2. The Bertz CT molecular complexity index is 1590. The Morgan fingerprint density at radius 1 is 1.18 bits per heavy atom. The first-order valence-corrected chi connectivity index (χ1v) is 15.0. The van der Waals surface area contributed by atoms with E-state index in [1.807, 2.05) is 36.4 Å². The molecule has 242 valence electrons. The molecular formula is C32H38ClF2N5O5. The zero-order valence-electron chi connectivity index (χ0n) is 25.0. The quantitative estimate of drug-likeness (QED) is 0.336. The molecule has 0 bridgehead atoms. The lowest BCUT2D eigenvalue weighted by Gasteiger charge is -2.46. The SMILES string of the molecule is COc1cc(Oc2ncn(C[C@@]3(O)CCN(C(=O)[C@@H]4CCNC[C@H]4c4ccccc4)CC3(F)F)c(=O)c2N)ccc1C1CC1.Cl. The molecule has 1 saturated carbocycles. The van der Waals surface area contributed by atoms with Gasteiger partial charge in [-0.3, -0.25) is 14.2 Å². The number of nitrogen functional groups attached to an aromatic ring is 1. The molecule has 10 nitrogen and oxygen atoms in total. The Balaban J connectivity index is 0.00000400. The van der Waals surface area contributed by atoms with Crippen LogP contribution in [0.1, 0.15) is 48.6 Å². The fourth-order valence-electron chi connectivity index (χ4n) is 6.35. The molecule has 4 N–H and O–H groups in total. The van der Waals surface area contributed by atoms with E-state index >= 15 is 8.78 Å². The van der Waals surface area contributed by atoms with Crippen molar-refractivity contribution in [1.82, 2.24) is 19.8 Å². The van der Waals surface area contributed by atoms with E-state index in [0.29, 0.717) is 36.9 Å². The second kappa shape index (κ2) is 12.9. The summed E-state index contributed by atoms with van der Waals surface area (Å²) in [4.78, 5) is 31.9. The van der Waals surface area contributed by atoms with Crippen molar-refractivity contribution in [3.63, 3.8) is 0 Å². The zero-order chi connectivity index (χ0) is 31.1. The van der Waals surface area contributed by atoms with E-state index in [1.165, 1.54) is 0 Å². The minimum atomic E-state index is -3.70. The summed E-state index contributed by atoms with van der Waals surface area (Å²) in [6.45, 7) is -0.587. The van der Waals surface area contributed by atoms with Crippen molar-refractivity contribution >= 4 is 24.0 Å². The van der Waals surface area contributed by atoms with Crippen molar-refractivity contribution < 1.29 is 28.2 Å². The first-order chi connectivity index (χ1) is 21.1. The van der Waals surface area contributed by atoms with Crippen LogP contribution in [0.25, 0.3) is 0 Å². The van der Waals surface area contributed by atoms with Crippen molar-refractivity contribution in [2.24, 2.45) is 5.92 Å². The molecule has 3 aromatic rings.